The highest BCUT2D eigenvalue weighted by atomic mass is 19.1. The maximum atomic E-state index is 14.5. The van der Waals surface area contributed by atoms with E-state index in [1.807, 2.05) is 13.0 Å². The van der Waals surface area contributed by atoms with Crippen LogP contribution in [0.3, 0.4) is 0 Å². The molecular formula is C21H27FN6O. The molecule has 5 rings (SSSR count). The average molecular weight is 398 g/mol. The highest BCUT2D eigenvalue weighted by molar-refractivity contribution is 5.83. The van der Waals surface area contributed by atoms with Gasteiger partial charge in [0.2, 0.25) is 5.89 Å². The number of halogens is 1. The molecule has 1 aromatic carbocycles. The topological polar surface area (TPSA) is 72.0 Å². The predicted molar refractivity (Wildman–Crippen MR) is 108 cm³/mol. The van der Waals surface area contributed by atoms with Crippen LogP contribution in [0.5, 0.6) is 0 Å². The summed E-state index contributed by atoms with van der Waals surface area (Å²) < 4.78 is 21.6. The summed E-state index contributed by atoms with van der Waals surface area (Å²) in [5, 5.41) is 12.9. The summed E-state index contributed by atoms with van der Waals surface area (Å²) in [5.74, 6) is 1.66. The van der Waals surface area contributed by atoms with Crippen molar-refractivity contribution in [2.75, 3.05) is 32.7 Å². The van der Waals surface area contributed by atoms with Crippen LogP contribution in [0.4, 0.5) is 4.39 Å². The zero-order valence-corrected chi connectivity index (χ0v) is 16.8. The van der Waals surface area contributed by atoms with Crippen molar-refractivity contribution >= 4 is 10.9 Å². The van der Waals surface area contributed by atoms with Crippen molar-refractivity contribution in [3.8, 4) is 5.95 Å². The number of rotatable bonds is 5. The van der Waals surface area contributed by atoms with Crippen LogP contribution in [-0.2, 0) is 6.42 Å². The lowest BCUT2D eigenvalue weighted by molar-refractivity contribution is 0.174. The monoisotopic (exact) mass is 398 g/mol. The summed E-state index contributed by atoms with van der Waals surface area (Å²) in [6, 6.07) is 5.04. The van der Waals surface area contributed by atoms with Gasteiger partial charge in [-0.2, -0.15) is 14.8 Å². The second-order valence-corrected chi connectivity index (χ2v) is 8.21. The third-order valence-electron chi connectivity index (χ3n) is 6.30. The first-order valence-electron chi connectivity index (χ1n) is 10.7. The number of piperidine rings is 1. The molecule has 1 unspecified atom stereocenters. The first kappa shape index (κ1) is 18.7. The van der Waals surface area contributed by atoms with E-state index in [2.05, 4.69) is 25.5 Å². The van der Waals surface area contributed by atoms with Gasteiger partial charge in [-0.15, -0.1) is 0 Å². The first-order chi connectivity index (χ1) is 14.2. The van der Waals surface area contributed by atoms with E-state index in [9.17, 15) is 4.39 Å². The van der Waals surface area contributed by atoms with E-state index >= 15 is 0 Å². The summed E-state index contributed by atoms with van der Waals surface area (Å²) in [6.07, 6.45) is 4.01. The van der Waals surface area contributed by atoms with E-state index in [0.29, 0.717) is 23.8 Å². The van der Waals surface area contributed by atoms with Crippen LogP contribution in [0.1, 0.15) is 43.7 Å². The van der Waals surface area contributed by atoms with Crippen molar-refractivity contribution in [3.63, 3.8) is 0 Å². The molecule has 4 heterocycles. The molecule has 3 aromatic rings. The maximum Gasteiger partial charge on any atom is 0.291 e. The number of nitrogens with zero attached hydrogens (tertiary/aromatic N) is 5. The lowest BCUT2D eigenvalue weighted by Crippen LogP contribution is -2.37. The van der Waals surface area contributed by atoms with E-state index < -0.39 is 0 Å². The lowest BCUT2D eigenvalue weighted by Gasteiger charge is -2.31. The van der Waals surface area contributed by atoms with E-state index in [1.165, 1.54) is 23.7 Å². The minimum Gasteiger partial charge on any atom is -0.337 e. The van der Waals surface area contributed by atoms with Crippen LogP contribution in [0.2, 0.25) is 0 Å². The zero-order chi connectivity index (χ0) is 19.8. The highest BCUT2D eigenvalue weighted by Crippen LogP contribution is 2.29. The fourth-order valence-electron chi connectivity index (χ4n) is 4.67. The van der Waals surface area contributed by atoms with Crippen LogP contribution in [-0.4, -0.2) is 57.5 Å². The molecule has 2 saturated heterocycles. The van der Waals surface area contributed by atoms with Gasteiger partial charge in [-0.05, 0) is 69.0 Å². The first-order valence-corrected chi connectivity index (χ1v) is 10.7. The Balaban J connectivity index is 1.32. The van der Waals surface area contributed by atoms with E-state index in [1.54, 1.807) is 6.07 Å². The molecule has 2 fully saturated rings. The standard InChI is InChI=1S/C21H27FN6O/c1-2-18-16-4-3-5-17(22)19(16)28(25-18)21-24-20(29-26-21)15-7-10-27(11-8-15)13-14-6-9-23-12-14/h3-5,14-15,23H,2,6-13H2,1H3. The van der Waals surface area contributed by atoms with Gasteiger partial charge in [0.1, 0.15) is 11.3 Å². The molecule has 0 amide bonds. The van der Waals surface area contributed by atoms with Crippen molar-refractivity contribution in [1.29, 1.82) is 0 Å². The van der Waals surface area contributed by atoms with Gasteiger partial charge in [-0.1, -0.05) is 19.1 Å². The number of fused-ring (bicyclic) bond motifs is 1. The van der Waals surface area contributed by atoms with E-state index in [0.717, 1.165) is 56.0 Å². The third kappa shape index (κ3) is 3.55. The van der Waals surface area contributed by atoms with Gasteiger partial charge < -0.3 is 14.7 Å². The number of para-hydroxylation sites is 1. The molecule has 2 aliphatic rings. The Hall–Kier alpha value is -2.32. The van der Waals surface area contributed by atoms with Crippen molar-refractivity contribution in [2.24, 2.45) is 5.92 Å². The Kier molecular flexibility index (Phi) is 5.05. The van der Waals surface area contributed by atoms with Crippen LogP contribution >= 0.6 is 0 Å². The van der Waals surface area contributed by atoms with Gasteiger partial charge in [0.05, 0.1) is 5.69 Å². The van der Waals surface area contributed by atoms with Crippen molar-refractivity contribution in [3.05, 3.63) is 35.6 Å². The average Bonchev–Trinajstić information content (AvgIpc) is 3.48. The van der Waals surface area contributed by atoms with Gasteiger partial charge in [-0.3, -0.25) is 0 Å². The summed E-state index contributed by atoms with van der Waals surface area (Å²) in [7, 11) is 0. The Morgan fingerprint density at radius 3 is 2.86 bits per heavy atom. The molecule has 8 heteroatoms. The zero-order valence-electron chi connectivity index (χ0n) is 16.8. The van der Waals surface area contributed by atoms with Crippen LogP contribution in [0.15, 0.2) is 22.7 Å². The summed E-state index contributed by atoms with van der Waals surface area (Å²) in [6.45, 7) is 7.58. The van der Waals surface area contributed by atoms with Crippen molar-refractivity contribution < 1.29 is 8.91 Å². The molecular weight excluding hydrogens is 371 g/mol. The van der Waals surface area contributed by atoms with Crippen LogP contribution in [0.25, 0.3) is 16.9 Å². The molecule has 0 saturated carbocycles. The normalized spacial score (nSPS) is 21.4. The maximum absolute atomic E-state index is 14.5. The van der Waals surface area contributed by atoms with E-state index in [-0.39, 0.29) is 11.7 Å². The lowest BCUT2D eigenvalue weighted by atomic mass is 9.95. The Bertz CT molecular complexity index is 984. The number of benzene rings is 1. The molecule has 0 radical (unpaired) electrons. The quantitative estimate of drug-likeness (QED) is 0.713. The largest absolute Gasteiger partial charge is 0.337 e. The number of hydrogen-bond donors (Lipinski definition) is 1. The molecule has 0 spiro atoms. The smallest absolute Gasteiger partial charge is 0.291 e. The number of hydrogen-bond acceptors (Lipinski definition) is 6. The van der Waals surface area contributed by atoms with Gasteiger partial charge >= 0.3 is 0 Å². The number of likely N-dealkylation sites (tertiary alicyclic amines) is 1. The van der Waals surface area contributed by atoms with Gasteiger partial charge in [0.25, 0.3) is 5.95 Å². The molecule has 7 nitrogen and oxygen atoms in total. The Morgan fingerprint density at radius 1 is 1.24 bits per heavy atom. The Morgan fingerprint density at radius 2 is 2.10 bits per heavy atom. The molecule has 0 aliphatic carbocycles. The Labute approximate surface area is 169 Å². The molecule has 2 aromatic heterocycles. The second-order valence-electron chi connectivity index (χ2n) is 8.21. The minimum absolute atomic E-state index is 0.256. The second kappa shape index (κ2) is 7.84. The van der Waals surface area contributed by atoms with Gasteiger partial charge in [0.15, 0.2) is 0 Å². The fraction of sp³-hybridized carbons (Fsp3) is 0.571. The van der Waals surface area contributed by atoms with Crippen LogP contribution < -0.4 is 5.32 Å². The van der Waals surface area contributed by atoms with E-state index in [4.69, 9.17) is 4.52 Å². The highest BCUT2D eigenvalue weighted by Gasteiger charge is 2.28. The van der Waals surface area contributed by atoms with Crippen molar-refractivity contribution in [1.82, 2.24) is 30.1 Å². The summed E-state index contributed by atoms with van der Waals surface area (Å²) >= 11 is 0. The minimum atomic E-state index is -0.323. The number of nitrogens with one attached hydrogen (secondary N) is 1. The SMILES string of the molecule is CCc1nn(-c2noc(C3CCN(CC4CCNC4)CC3)n2)c2c(F)cccc12. The molecule has 2 aliphatic heterocycles. The van der Waals surface area contributed by atoms with Crippen molar-refractivity contribution in [2.45, 2.75) is 38.5 Å². The third-order valence-corrected chi connectivity index (χ3v) is 6.30. The molecule has 154 valence electrons. The predicted octanol–water partition coefficient (Wildman–Crippen LogP) is 2.90. The molecule has 0 bridgehead atoms. The molecule has 29 heavy (non-hydrogen) atoms. The molecule has 1 N–H and O–H groups in total. The van der Waals surface area contributed by atoms with Gasteiger partial charge in [0, 0.05) is 17.8 Å². The summed E-state index contributed by atoms with van der Waals surface area (Å²) in [4.78, 5) is 7.15. The fourth-order valence-corrected chi connectivity index (χ4v) is 4.67. The number of aromatic nitrogens is 4. The van der Waals surface area contributed by atoms with Gasteiger partial charge in [-0.25, -0.2) is 4.39 Å². The number of aryl methyl sites for hydroxylation is 1. The van der Waals surface area contributed by atoms with Crippen LogP contribution in [0, 0.1) is 11.7 Å². The molecule has 1 atom stereocenters. The summed E-state index contributed by atoms with van der Waals surface area (Å²) in [5.41, 5.74) is 1.25.